The minimum atomic E-state index is -0.341. The second-order valence-electron chi connectivity index (χ2n) is 4.02. The SMILES string of the molecule is CCCN(CCC)c1ccc(C(N)=S)c(F)c1. The molecule has 1 rings (SSSR count). The van der Waals surface area contributed by atoms with Crippen LogP contribution < -0.4 is 10.6 Å². The quantitative estimate of drug-likeness (QED) is 0.791. The number of hydrogen-bond acceptors (Lipinski definition) is 2. The van der Waals surface area contributed by atoms with Gasteiger partial charge in [0, 0.05) is 24.3 Å². The molecule has 0 radical (unpaired) electrons. The van der Waals surface area contributed by atoms with Crippen LogP contribution in [0.15, 0.2) is 18.2 Å². The van der Waals surface area contributed by atoms with Crippen LogP contribution in [-0.2, 0) is 0 Å². The molecule has 4 heteroatoms. The predicted octanol–water partition coefficient (Wildman–Crippen LogP) is 3.09. The maximum atomic E-state index is 13.7. The van der Waals surface area contributed by atoms with Crippen LogP contribution in [0.5, 0.6) is 0 Å². The summed E-state index contributed by atoms with van der Waals surface area (Å²) in [6.07, 6.45) is 2.08. The third-order valence-corrected chi connectivity index (χ3v) is 2.79. The van der Waals surface area contributed by atoms with E-state index in [2.05, 4.69) is 18.7 Å². The Bertz CT molecular complexity index is 387. The van der Waals surface area contributed by atoms with Crippen molar-refractivity contribution >= 4 is 22.9 Å². The van der Waals surface area contributed by atoms with Gasteiger partial charge < -0.3 is 10.6 Å². The van der Waals surface area contributed by atoms with Gasteiger partial charge in [-0.3, -0.25) is 0 Å². The molecule has 2 nitrogen and oxygen atoms in total. The van der Waals surface area contributed by atoms with E-state index in [-0.39, 0.29) is 10.8 Å². The molecular weight excluding hydrogens is 235 g/mol. The Hall–Kier alpha value is -1.16. The highest BCUT2D eigenvalue weighted by Crippen LogP contribution is 2.19. The van der Waals surface area contributed by atoms with Crippen LogP contribution in [0.25, 0.3) is 0 Å². The van der Waals surface area contributed by atoms with Gasteiger partial charge in [0.05, 0.1) is 0 Å². The highest BCUT2D eigenvalue weighted by molar-refractivity contribution is 7.80. The molecule has 0 aromatic heterocycles. The van der Waals surface area contributed by atoms with Gasteiger partial charge in [-0.2, -0.15) is 0 Å². The van der Waals surface area contributed by atoms with E-state index >= 15 is 0 Å². The van der Waals surface area contributed by atoms with Crippen molar-refractivity contribution in [1.82, 2.24) is 0 Å². The van der Waals surface area contributed by atoms with E-state index in [0.717, 1.165) is 31.6 Å². The average molecular weight is 254 g/mol. The molecule has 0 fully saturated rings. The Balaban J connectivity index is 2.97. The summed E-state index contributed by atoms with van der Waals surface area (Å²) < 4.78 is 13.7. The van der Waals surface area contributed by atoms with E-state index in [1.165, 1.54) is 6.07 Å². The first-order valence-corrected chi connectivity index (χ1v) is 6.35. The maximum absolute atomic E-state index is 13.7. The lowest BCUT2D eigenvalue weighted by Gasteiger charge is -2.24. The number of halogens is 1. The monoisotopic (exact) mass is 254 g/mol. The lowest BCUT2D eigenvalue weighted by atomic mass is 10.1. The highest BCUT2D eigenvalue weighted by Gasteiger charge is 2.09. The molecule has 17 heavy (non-hydrogen) atoms. The second-order valence-corrected chi connectivity index (χ2v) is 4.46. The van der Waals surface area contributed by atoms with Crippen molar-refractivity contribution in [2.45, 2.75) is 26.7 Å². The topological polar surface area (TPSA) is 29.3 Å². The van der Waals surface area contributed by atoms with E-state index in [1.807, 2.05) is 6.07 Å². The first-order valence-electron chi connectivity index (χ1n) is 5.94. The van der Waals surface area contributed by atoms with Gasteiger partial charge >= 0.3 is 0 Å². The lowest BCUT2D eigenvalue weighted by molar-refractivity contribution is 0.623. The minimum Gasteiger partial charge on any atom is -0.389 e. The van der Waals surface area contributed by atoms with Crippen LogP contribution in [0.1, 0.15) is 32.3 Å². The zero-order chi connectivity index (χ0) is 12.8. The smallest absolute Gasteiger partial charge is 0.135 e. The van der Waals surface area contributed by atoms with Gasteiger partial charge in [0.15, 0.2) is 0 Å². The van der Waals surface area contributed by atoms with Crippen molar-refractivity contribution < 1.29 is 4.39 Å². The number of thiocarbonyl (C=S) groups is 1. The van der Waals surface area contributed by atoms with Crippen LogP contribution in [0.2, 0.25) is 0 Å². The van der Waals surface area contributed by atoms with E-state index in [0.29, 0.717) is 5.56 Å². The van der Waals surface area contributed by atoms with Gasteiger partial charge in [0.25, 0.3) is 0 Å². The Labute approximate surface area is 108 Å². The van der Waals surface area contributed by atoms with Gasteiger partial charge in [-0.1, -0.05) is 26.1 Å². The Kier molecular flexibility index (Phi) is 5.35. The van der Waals surface area contributed by atoms with Crippen LogP contribution in [0.4, 0.5) is 10.1 Å². The third-order valence-electron chi connectivity index (χ3n) is 2.57. The van der Waals surface area contributed by atoms with Gasteiger partial charge in [-0.25, -0.2) is 4.39 Å². The summed E-state index contributed by atoms with van der Waals surface area (Å²) in [7, 11) is 0. The lowest BCUT2D eigenvalue weighted by Crippen LogP contribution is -2.25. The molecule has 0 amide bonds. The molecule has 94 valence electrons. The minimum absolute atomic E-state index is 0.103. The largest absolute Gasteiger partial charge is 0.389 e. The third kappa shape index (κ3) is 3.66. The summed E-state index contributed by atoms with van der Waals surface area (Å²) in [4.78, 5) is 2.28. The van der Waals surface area contributed by atoms with Crippen molar-refractivity contribution in [3.63, 3.8) is 0 Å². The molecule has 2 N–H and O–H groups in total. The fourth-order valence-electron chi connectivity index (χ4n) is 1.81. The first kappa shape index (κ1) is 13.9. The second kappa shape index (κ2) is 6.55. The molecule has 0 saturated carbocycles. The molecule has 0 heterocycles. The summed E-state index contributed by atoms with van der Waals surface area (Å²) >= 11 is 4.79. The molecule has 1 aromatic rings. The number of rotatable bonds is 6. The molecule has 0 saturated heterocycles. The van der Waals surface area contributed by atoms with Crippen molar-refractivity contribution in [2.24, 2.45) is 5.73 Å². The summed E-state index contributed by atoms with van der Waals surface area (Å²) in [6, 6.07) is 5.05. The molecule has 0 bridgehead atoms. The van der Waals surface area contributed by atoms with Crippen molar-refractivity contribution in [2.75, 3.05) is 18.0 Å². The Morgan fingerprint density at radius 3 is 2.29 bits per heavy atom. The maximum Gasteiger partial charge on any atom is 0.135 e. The molecular formula is C13H19FN2S. The Morgan fingerprint density at radius 2 is 1.88 bits per heavy atom. The summed E-state index contributed by atoms with van der Waals surface area (Å²) in [6.45, 7) is 6.09. The molecule has 0 spiro atoms. The standard InChI is InChI=1S/C13H19FN2S/c1-3-7-16(8-4-2)10-5-6-11(13(15)17)12(14)9-10/h5-6,9H,3-4,7-8H2,1-2H3,(H2,15,17). The van der Waals surface area contributed by atoms with E-state index in [1.54, 1.807) is 6.07 Å². The van der Waals surface area contributed by atoms with E-state index in [9.17, 15) is 4.39 Å². The molecule has 0 atom stereocenters. The van der Waals surface area contributed by atoms with Crippen molar-refractivity contribution in [1.29, 1.82) is 0 Å². The van der Waals surface area contributed by atoms with E-state index < -0.39 is 0 Å². The van der Waals surface area contributed by atoms with Gasteiger partial charge in [0.1, 0.15) is 10.8 Å². The fourth-order valence-corrected chi connectivity index (χ4v) is 1.98. The molecule has 0 aliphatic carbocycles. The molecule has 0 aliphatic rings. The van der Waals surface area contributed by atoms with Gasteiger partial charge in [-0.05, 0) is 31.0 Å². The number of hydrogen-bond donors (Lipinski definition) is 1. The van der Waals surface area contributed by atoms with Crippen LogP contribution >= 0.6 is 12.2 Å². The summed E-state index contributed by atoms with van der Waals surface area (Å²) in [5.41, 5.74) is 6.65. The number of nitrogens with zero attached hydrogens (tertiary/aromatic N) is 1. The van der Waals surface area contributed by atoms with Crippen LogP contribution in [-0.4, -0.2) is 18.1 Å². The van der Waals surface area contributed by atoms with E-state index in [4.69, 9.17) is 18.0 Å². The van der Waals surface area contributed by atoms with Gasteiger partial charge in [-0.15, -0.1) is 0 Å². The molecule has 0 aliphatic heterocycles. The van der Waals surface area contributed by atoms with Gasteiger partial charge in [0.2, 0.25) is 0 Å². The first-order chi connectivity index (χ1) is 8.10. The summed E-state index contributed by atoms with van der Waals surface area (Å²) in [5.74, 6) is -0.341. The van der Waals surface area contributed by atoms with Crippen molar-refractivity contribution in [3.8, 4) is 0 Å². The van der Waals surface area contributed by atoms with Crippen LogP contribution in [0, 0.1) is 5.82 Å². The number of benzene rings is 1. The number of nitrogens with two attached hydrogens (primary N) is 1. The fraction of sp³-hybridized carbons (Fsp3) is 0.462. The normalized spacial score (nSPS) is 10.3. The summed E-state index contributed by atoms with van der Waals surface area (Å²) in [5, 5.41) is 0. The van der Waals surface area contributed by atoms with Crippen LogP contribution in [0.3, 0.4) is 0 Å². The zero-order valence-corrected chi connectivity index (χ0v) is 11.2. The average Bonchev–Trinajstić information content (AvgIpc) is 2.28. The zero-order valence-electron chi connectivity index (χ0n) is 10.4. The molecule has 0 unspecified atom stereocenters. The molecule has 1 aromatic carbocycles. The number of anilines is 1. The Morgan fingerprint density at radius 1 is 1.29 bits per heavy atom. The highest BCUT2D eigenvalue weighted by atomic mass is 32.1. The van der Waals surface area contributed by atoms with Crippen molar-refractivity contribution in [3.05, 3.63) is 29.6 Å². The predicted molar refractivity (Wildman–Crippen MR) is 75.1 cm³/mol.